The zero-order valence-corrected chi connectivity index (χ0v) is 10.3. The average molecular weight is 253 g/mol. The van der Waals surface area contributed by atoms with Gasteiger partial charge in [0.15, 0.2) is 0 Å². The SMILES string of the molecule is CC(C)OCCc1cc(C(=O)O)ccc1[N+](=O)[O-]. The lowest BCUT2D eigenvalue weighted by Crippen LogP contribution is -2.08. The molecule has 0 unspecified atom stereocenters. The molecule has 0 amide bonds. The van der Waals surface area contributed by atoms with Crippen molar-refractivity contribution in [3.05, 3.63) is 39.4 Å². The minimum atomic E-state index is -1.10. The topological polar surface area (TPSA) is 89.7 Å². The van der Waals surface area contributed by atoms with Gasteiger partial charge in [-0.15, -0.1) is 0 Å². The van der Waals surface area contributed by atoms with Crippen LogP contribution in [0, 0.1) is 10.1 Å². The van der Waals surface area contributed by atoms with Crippen molar-refractivity contribution in [2.24, 2.45) is 0 Å². The molecule has 0 fully saturated rings. The summed E-state index contributed by atoms with van der Waals surface area (Å²) in [7, 11) is 0. The fraction of sp³-hybridized carbons (Fsp3) is 0.417. The van der Waals surface area contributed by atoms with Gasteiger partial charge in [0.2, 0.25) is 0 Å². The Balaban J connectivity index is 2.93. The standard InChI is InChI=1S/C12H15NO5/c1-8(2)18-6-5-9-7-10(12(14)15)3-4-11(9)13(16)17/h3-4,7-8H,5-6H2,1-2H3,(H,14,15). The van der Waals surface area contributed by atoms with Crippen LogP contribution in [0.1, 0.15) is 29.8 Å². The first kappa shape index (κ1) is 14.1. The van der Waals surface area contributed by atoms with Crippen molar-refractivity contribution in [2.75, 3.05) is 6.61 Å². The summed E-state index contributed by atoms with van der Waals surface area (Å²) in [5, 5.41) is 19.7. The number of rotatable bonds is 6. The lowest BCUT2D eigenvalue weighted by Gasteiger charge is -2.08. The zero-order valence-electron chi connectivity index (χ0n) is 10.3. The summed E-state index contributed by atoms with van der Waals surface area (Å²) in [6.45, 7) is 4.05. The normalized spacial score (nSPS) is 10.6. The molecule has 1 aromatic rings. The average Bonchev–Trinajstić information content (AvgIpc) is 2.27. The second-order valence-electron chi connectivity index (χ2n) is 4.08. The molecule has 1 aromatic carbocycles. The molecule has 0 aliphatic heterocycles. The van der Waals surface area contributed by atoms with Crippen molar-refractivity contribution in [3.63, 3.8) is 0 Å². The van der Waals surface area contributed by atoms with Crippen LogP contribution in [-0.4, -0.2) is 28.7 Å². The van der Waals surface area contributed by atoms with Gasteiger partial charge in [-0.1, -0.05) is 0 Å². The molecular weight excluding hydrogens is 238 g/mol. The molecule has 0 saturated heterocycles. The molecule has 98 valence electrons. The van der Waals surface area contributed by atoms with Gasteiger partial charge in [0, 0.05) is 18.1 Å². The van der Waals surface area contributed by atoms with Crippen molar-refractivity contribution < 1.29 is 19.6 Å². The van der Waals surface area contributed by atoms with Crippen molar-refractivity contribution in [1.29, 1.82) is 0 Å². The van der Waals surface area contributed by atoms with E-state index < -0.39 is 10.9 Å². The maximum atomic E-state index is 10.8. The van der Waals surface area contributed by atoms with Crippen molar-refractivity contribution in [1.82, 2.24) is 0 Å². The minimum absolute atomic E-state index is 0.0340. The first-order chi connectivity index (χ1) is 8.41. The van der Waals surface area contributed by atoms with Gasteiger partial charge in [0.25, 0.3) is 5.69 Å². The molecule has 0 aliphatic carbocycles. The number of ether oxygens (including phenoxy) is 1. The number of aromatic carboxylic acids is 1. The fourth-order valence-corrected chi connectivity index (χ4v) is 1.50. The van der Waals surface area contributed by atoms with Crippen LogP contribution in [0.15, 0.2) is 18.2 Å². The number of hydrogen-bond donors (Lipinski definition) is 1. The molecule has 6 heteroatoms. The van der Waals surface area contributed by atoms with E-state index >= 15 is 0 Å². The predicted octanol–water partition coefficient (Wildman–Crippen LogP) is 2.26. The molecule has 1 rings (SSSR count). The number of nitro benzene ring substituents is 1. The molecule has 0 saturated carbocycles. The summed E-state index contributed by atoms with van der Waals surface area (Å²) >= 11 is 0. The number of hydrogen-bond acceptors (Lipinski definition) is 4. The maximum Gasteiger partial charge on any atom is 0.335 e. The van der Waals surface area contributed by atoms with Crippen molar-refractivity contribution >= 4 is 11.7 Å². The number of benzene rings is 1. The van der Waals surface area contributed by atoms with E-state index in [1.54, 1.807) is 0 Å². The largest absolute Gasteiger partial charge is 0.478 e. The molecule has 0 spiro atoms. The third-order valence-corrected chi connectivity index (χ3v) is 2.35. The quantitative estimate of drug-likeness (QED) is 0.620. The van der Waals surface area contributed by atoms with Gasteiger partial charge >= 0.3 is 5.97 Å². The van der Waals surface area contributed by atoms with Gasteiger partial charge in [0.1, 0.15) is 0 Å². The van der Waals surface area contributed by atoms with E-state index in [0.29, 0.717) is 18.6 Å². The second kappa shape index (κ2) is 6.11. The second-order valence-corrected chi connectivity index (χ2v) is 4.08. The summed E-state index contributed by atoms with van der Waals surface area (Å²) in [5.41, 5.74) is 0.341. The maximum absolute atomic E-state index is 10.8. The summed E-state index contributed by atoms with van der Waals surface area (Å²) in [5.74, 6) is -1.10. The molecule has 18 heavy (non-hydrogen) atoms. The number of carbonyl (C=O) groups is 1. The highest BCUT2D eigenvalue weighted by molar-refractivity contribution is 5.88. The van der Waals surface area contributed by atoms with Crippen LogP contribution in [-0.2, 0) is 11.2 Å². The third kappa shape index (κ3) is 3.81. The van der Waals surface area contributed by atoms with E-state index in [4.69, 9.17) is 9.84 Å². The smallest absolute Gasteiger partial charge is 0.335 e. The lowest BCUT2D eigenvalue weighted by molar-refractivity contribution is -0.385. The first-order valence-corrected chi connectivity index (χ1v) is 5.54. The number of nitrogens with zero attached hydrogens (tertiary/aromatic N) is 1. The highest BCUT2D eigenvalue weighted by Crippen LogP contribution is 2.21. The van der Waals surface area contributed by atoms with Crippen molar-refractivity contribution in [3.8, 4) is 0 Å². The number of carboxylic acids is 1. The highest BCUT2D eigenvalue weighted by Gasteiger charge is 2.16. The van der Waals surface area contributed by atoms with Gasteiger partial charge in [-0.2, -0.15) is 0 Å². The van der Waals surface area contributed by atoms with E-state index in [9.17, 15) is 14.9 Å². The molecular formula is C12H15NO5. The van der Waals surface area contributed by atoms with E-state index in [-0.39, 0.29) is 17.4 Å². The van der Waals surface area contributed by atoms with Crippen molar-refractivity contribution in [2.45, 2.75) is 26.4 Å². The summed E-state index contributed by atoms with van der Waals surface area (Å²) < 4.78 is 5.31. The molecule has 0 atom stereocenters. The van der Waals surface area contributed by atoms with Gasteiger partial charge in [-0.25, -0.2) is 4.79 Å². The van der Waals surface area contributed by atoms with Crippen LogP contribution in [0.2, 0.25) is 0 Å². The highest BCUT2D eigenvalue weighted by atomic mass is 16.6. The predicted molar refractivity (Wildman–Crippen MR) is 64.8 cm³/mol. The Morgan fingerprint density at radius 2 is 2.17 bits per heavy atom. The molecule has 0 aliphatic rings. The van der Waals surface area contributed by atoms with E-state index in [1.165, 1.54) is 18.2 Å². The van der Waals surface area contributed by atoms with Crippen LogP contribution in [0.25, 0.3) is 0 Å². The van der Waals surface area contributed by atoms with E-state index in [0.717, 1.165) is 0 Å². The Morgan fingerprint density at radius 3 is 2.67 bits per heavy atom. The van der Waals surface area contributed by atoms with Crippen LogP contribution < -0.4 is 0 Å². The zero-order chi connectivity index (χ0) is 13.7. The van der Waals surface area contributed by atoms with Gasteiger partial charge in [0.05, 0.1) is 23.2 Å². The third-order valence-electron chi connectivity index (χ3n) is 2.35. The molecule has 1 N–H and O–H groups in total. The summed E-state index contributed by atoms with van der Waals surface area (Å²) in [6, 6.07) is 3.77. The molecule has 0 heterocycles. The molecule has 0 bridgehead atoms. The Morgan fingerprint density at radius 1 is 1.50 bits per heavy atom. The Hall–Kier alpha value is -1.95. The monoisotopic (exact) mass is 253 g/mol. The summed E-state index contributed by atoms with van der Waals surface area (Å²) in [6.07, 6.45) is 0.349. The van der Waals surface area contributed by atoms with Crippen LogP contribution in [0.4, 0.5) is 5.69 Å². The van der Waals surface area contributed by atoms with E-state index in [2.05, 4.69) is 0 Å². The van der Waals surface area contributed by atoms with Crippen LogP contribution in [0.3, 0.4) is 0 Å². The molecule has 0 radical (unpaired) electrons. The van der Waals surface area contributed by atoms with Gasteiger partial charge in [-0.05, 0) is 26.0 Å². The Kier molecular flexibility index (Phi) is 4.79. The van der Waals surface area contributed by atoms with E-state index in [1.807, 2.05) is 13.8 Å². The van der Waals surface area contributed by atoms with Crippen LogP contribution in [0.5, 0.6) is 0 Å². The molecule has 0 aromatic heterocycles. The van der Waals surface area contributed by atoms with Gasteiger partial charge in [-0.3, -0.25) is 10.1 Å². The summed E-state index contributed by atoms with van der Waals surface area (Å²) in [4.78, 5) is 21.1. The minimum Gasteiger partial charge on any atom is -0.478 e. The first-order valence-electron chi connectivity index (χ1n) is 5.54. The Labute approximate surface area is 104 Å². The molecule has 6 nitrogen and oxygen atoms in total. The van der Waals surface area contributed by atoms with Gasteiger partial charge < -0.3 is 9.84 Å². The number of nitro groups is 1. The Bertz CT molecular complexity index is 456. The van der Waals surface area contributed by atoms with Crippen LogP contribution >= 0.6 is 0 Å². The fourth-order valence-electron chi connectivity index (χ4n) is 1.50. The lowest BCUT2D eigenvalue weighted by atomic mass is 10.1. The number of carboxylic acid groups (broad SMARTS) is 1.